The molecule has 0 bridgehead atoms. The van der Waals surface area contributed by atoms with Crippen LogP contribution in [0.1, 0.15) is 19.3 Å². The summed E-state index contributed by atoms with van der Waals surface area (Å²) in [5, 5.41) is 6.09. The Balaban J connectivity index is 0.000000989. The van der Waals surface area contributed by atoms with E-state index in [1.54, 1.807) is 14.7 Å². The lowest BCUT2D eigenvalue weighted by molar-refractivity contribution is -0.128. The number of hydrogen-bond acceptors (Lipinski definition) is 12. The van der Waals surface area contributed by atoms with Crippen LogP contribution < -0.4 is 10.6 Å². The molecule has 16 heteroatoms. The topological polar surface area (TPSA) is 157 Å². The fraction of sp³-hybridized carbons (Fsp3) is 0.676. The van der Waals surface area contributed by atoms with Crippen LogP contribution in [0.2, 0.25) is 0 Å². The number of carbonyl (C=O) groups is 4. The fourth-order valence-electron chi connectivity index (χ4n) is 4.46. The van der Waals surface area contributed by atoms with E-state index in [1.807, 2.05) is 0 Å². The molecule has 2 aliphatic rings. The Morgan fingerprint density at radius 2 is 0.660 bits per heavy atom. The number of carbonyl (C=O) groups excluding carboxylic acids is 4. The van der Waals surface area contributed by atoms with Crippen LogP contribution in [0, 0.1) is 0 Å². The third-order valence-electron chi connectivity index (χ3n) is 7.42. The van der Waals surface area contributed by atoms with Crippen molar-refractivity contribution in [1.29, 1.82) is 0 Å². The molecule has 304 valence electrons. The second-order valence-electron chi connectivity index (χ2n) is 11.3. The maximum absolute atomic E-state index is 12.0. The van der Waals surface area contributed by atoms with Crippen molar-refractivity contribution in [2.24, 2.45) is 0 Å². The summed E-state index contributed by atoms with van der Waals surface area (Å²) < 4.78 is 33.3. The summed E-state index contributed by atoms with van der Waals surface area (Å²) in [4.78, 5) is 50.2. The molecule has 0 aromatic heterocycles. The smallest absolute Gasteiger partial charge is 0.246 e. The first-order valence-corrected chi connectivity index (χ1v) is 18.6. The Hall–Kier alpha value is -2.99. The minimum absolute atomic E-state index is 0.208. The highest BCUT2D eigenvalue weighted by Crippen LogP contribution is 1.99. The summed E-state index contributed by atoms with van der Waals surface area (Å²) in [6.07, 6.45) is 8.24. The number of nitrogens with zero attached hydrogens (tertiary/aromatic N) is 3. The molecule has 2 fully saturated rings. The molecule has 0 aromatic carbocycles. The molecule has 2 aliphatic heterocycles. The summed E-state index contributed by atoms with van der Waals surface area (Å²) in [5.74, 6) is -0.623. The number of nitrogens with one attached hydrogen (secondary N) is 2. The van der Waals surface area contributed by atoms with Crippen LogP contribution in [0.25, 0.3) is 0 Å². The lowest BCUT2D eigenvalue weighted by Crippen LogP contribution is -2.39. The molecule has 3 amide bonds. The number of hydrogen-bond donors (Lipinski definition) is 2. The van der Waals surface area contributed by atoms with Crippen molar-refractivity contribution >= 4 is 34.6 Å². The monoisotopic (exact) mass is 773 g/mol. The van der Waals surface area contributed by atoms with Gasteiger partial charge in [-0.3, -0.25) is 19.2 Å². The Morgan fingerprint density at radius 1 is 0.415 bits per heavy atom. The van der Waals surface area contributed by atoms with Crippen molar-refractivity contribution in [2.75, 3.05) is 145 Å². The van der Waals surface area contributed by atoms with Crippen LogP contribution in [0.4, 0.5) is 0 Å². The lowest BCUT2D eigenvalue weighted by Gasteiger charge is -2.25. The van der Waals surface area contributed by atoms with E-state index in [-0.39, 0.29) is 17.7 Å². The predicted molar refractivity (Wildman–Crippen MR) is 206 cm³/mol. The maximum atomic E-state index is 12.0. The van der Waals surface area contributed by atoms with Crippen LogP contribution in [0.15, 0.2) is 50.6 Å². The van der Waals surface area contributed by atoms with Crippen molar-refractivity contribution in [3.05, 3.63) is 50.6 Å². The van der Waals surface area contributed by atoms with Crippen molar-refractivity contribution in [3.8, 4) is 0 Å². The molecule has 0 aliphatic carbocycles. The van der Waals surface area contributed by atoms with Crippen LogP contribution in [-0.4, -0.2) is 182 Å². The van der Waals surface area contributed by atoms with E-state index < -0.39 is 5.24 Å². The van der Waals surface area contributed by atoms with Gasteiger partial charge in [-0.05, 0) is 55.2 Å². The van der Waals surface area contributed by atoms with Gasteiger partial charge in [0.15, 0.2) is 0 Å². The van der Waals surface area contributed by atoms with Gasteiger partial charge in [-0.25, -0.2) is 0 Å². The number of amides is 3. The Kier molecular flexibility index (Phi) is 35.2. The van der Waals surface area contributed by atoms with E-state index in [0.29, 0.717) is 78.9 Å². The summed E-state index contributed by atoms with van der Waals surface area (Å²) in [5.41, 5.74) is 0. The van der Waals surface area contributed by atoms with Crippen molar-refractivity contribution in [2.45, 2.75) is 19.3 Å². The minimum Gasteiger partial charge on any atom is -0.380 e. The zero-order valence-corrected chi connectivity index (χ0v) is 32.4. The van der Waals surface area contributed by atoms with Gasteiger partial charge in [0.1, 0.15) is 0 Å². The standard InChI is InChI=1S/C21H33N3O6.C13H28N2O3.C3H3ClO/c1-4-19(25)22-7-13-28-15-9-23(20(26)5-2)11-17-30-18-12-24(21(27)6-3)10-16-29-14-8-22;1-2-8-16-10-4-14-6-12-18-13-7-15-5-11-17-9-3-1;1-2-3(4)5/h4-6H,1-3,7-18H2;14-15H,1-13H2;2H,1H2. The number of ether oxygens (including phenoxy) is 6. The van der Waals surface area contributed by atoms with E-state index in [0.717, 1.165) is 84.7 Å². The first-order chi connectivity index (χ1) is 25.8. The summed E-state index contributed by atoms with van der Waals surface area (Å²) in [6.45, 7) is 26.3. The molecule has 0 radical (unpaired) electrons. The Labute approximate surface area is 321 Å². The number of rotatable bonds is 4. The van der Waals surface area contributed by atoms with E-state index in [1.165, 1.54) is 24.6 Å². The molecule has 0 atom stereocenters. The molecular weight excluding hydrogens is 710 g/mol. The SMILES string of the molecule is C1CCOCCNCCOCCNCCOCC1.C=CC(=O)Cl.C=CC(=O)N1CCOCCN(C(=O)C=C)CCOCCN(C(=O)C=C)CCOCC1. The zero-order valence-electron chi connectivity index (χ0n) is 31.6. The molecule has 0 unspecified atom stereocenters. The maximum Gasteiger partial charge on any atom is 0.246 e. The Morgan fingerprint density at radius 3 is 0.906 bits per heavy atom. The normalized spacial score (nSPS) is 19.3. The van der Waals surface area contributed by atoms with Gasteiger partial charge in [0.25, 0.3) is 0 Å². The molecular formula is C37H64ClN5O10. The van der Waals surface area contributed by atoms with E-state index in [9.17, 15) is 19.2 Å². The molecule has 15 nitrogen and oxygen atoms in total. The van der Waals surface area contributed by atoms with Crippen LogP contribution in [0.5, 0.6) is 0 Å². The van der Waals surface area contributed by atoms with E-state index in [2.05, 4.69) is 36.9 Å². The second-order valence-corrected chi connectivity index (χ2v) is 11.7. The average molecular weight is 774 g/mol. The zero-order chi connectivity index (χ0) is 39.2. The molecule has 2 N–H and O–H groups in total. The van der Waals surface area contributed by atoms with Gasteiger partial charge in [-0.2, -0.15) is 0 Å². The Bertz CT molecular complexity index is 849. The van der Waals surface area contributed by atoms with Crippen LogP contribution >= 0.6 is 11.6 Å². The molecule has 53 heavy (non-hydrogen) atoms. The third kappa shape index (κ3) is 31.1. The quantitative estimate of drug-likeness (QED) is 0.314. The van der Waals surface area contributed by atoms with E-state index in [4.69, 9.17) is 40.0 Å². The largest absolute Gasteiger partial charge is 0.380 e. The third-order valence-corrected chi connectivity index (χ3v) is 7.58. The molecule has 2 saturated heterocycles. The van der Waals surface area contributed by atoms with Gasteiger partial charge in [0.2, 0.25) is 23.0 Å². The summed E-state index contributed by atoms with van der Waals surface area (Å²) in [6, 6.07) is 0. The number of allylic oxidation sites excluding steroid dienone is 1. The van der Waals surface area contributed by atoms with Gasteiger partial charge in [-0.15, -0.1) is 0 Å². The molecule has 0 saturated carbocycles. The van der Waals surface area contributed by atoms with Gasteiger partial charge < -0.3 is 53.8 Å². The van der Waals surface area contributed by atoms with Gasteiger partial charge in [0, 0.05) is 78.7 Å². The first-order valence-electron chi connectivity index (χ1n) is 18.2. The average Bonchev–Trinajstić information content (AvgIpc) is 3.17. The highest BCUT2D eigenvalue weighted by atomic mass is 35.5. The molecule has 0 spiro atoms. The lowest BCUT2D eigenvalue weighted by atomic mass is 10.2. The van der Waals surface area contributed by atoms with Crippen LogP contribution in [-0.2, 0) is 47.6 Å². The fourth-order valence-corrected chi connectivity index (χ4v) is 4.46. The second kappa shape index (κ2) is 37.3. The van der Waals surface area contributed by atoms with E-state index >= 15 is 0 Å². The summed E-state index contributed by atoms with van der Waals surface area (Å²) >= 11 is 4.71. The van der Waals surface area contributed by atoms with Crippen molar-refractivity contribution < 1.29 is 47.6 Å². The van der Waals surface area contributed by atoms with Crippen molar-refractivity contribution in [1.82, 2.24) is 25.3 Å². The minimum atomic E-state index is -0.509. The molecule has 2 heterocycles. The highest BCUT2D eigenvalue weighted by Gasteiger charge is 2.14. The molecule has 2 rings (SSSR count). The van der Waals surface area contributed by atoms with Gasteiger partial charge >= 0.3 is 0 Å². The summed E-state index contributed by atoms with van der Waals surface area (Å²) in [7, 11) is 0. The van der Waals surface area contributed by atoms with Gasteiger partial charge in [-0.1, -0.05) is 26.3 Å². The number of halogens is 1. The van der Waals surface area contributed by atoms with Crippen LogP contribution in [0.3, 0.4) is 0 Å². The van der Waals surface area contributed by atoms with Gasteiger partial charge in [0.05, 0.1) is 66.1 Å². The predicted octanol–water partition coefficient (Wildman–Crippen LogP) is 1.43. The molecule has 0 aromatic rings. The first kappa shape index (κ1) is 50.0. The highest BCUT2D eigenvalue weighted by molar-refractivity contribution is 6.66. The van der Waals surface area contributed by atoms with Crippen molar-refractivity contribution in [3.63, 3.8) is 0 Å².